The Morgan fingerprint density at radius 1 is 1.11 bits per heavy atom. The Hall–Kier alpha value is -1.57. The van der Waals surface area contributed by atoms with Gasteiger partial charge < -0.3 is 15.5 Å². The highest BCUT2D eigenvalue weighted by atomic mass is 32.2. The zero-order valence-corrected chi connectivity index (χ0v) is 11.7. The van der Waals surface area contributed by atoms with Crippen molar-refractivity contribution in [2.75, 3.05) is 5.75 Å². The van der Waals surface area contributed by atoms with Crippen LogP contribution in [0.5, 0.6) is 0 Å². The molecule has 7 nitrogen and oxygen atoms in total. The fourth-order valence-corrected chi connectivity index (χ4v) is 2.63. The van der Waals surface area contributed by atoms with Crippen molar-refractivity contribution in [1.29, 1.82) is 0 Å². The van der Waals surface area contributed by atoms with Gasteiger partial charge >= 0.3 is 11.9 Å². The molecule has 0 heterocycles. The number of Topliss-reactive ketones (excluding diaryl/α,β-unsaturated/α-hetero) is 1. The van der Waals surface area contributed by atoms with E-state index in [9.17, 15) is 19.2 Å². The van der Waals surface area contributed by atoms with Gasteiger partial charge in [0.15, 0.2) is 0 Å². The van der Waals surface area contributed by atoms with Crippen LogP contribution in [0.4, 0.5) is 0 Å². The Labute approximate surface area is 114 Å². The normalized spacial score (nSPS) is 15.1. The van der Waals surface area contributed by atoms with Crippen LogP contribution in [-0.4, -0.2) is 50.9 Å². The minimum atomic E-state index is -1.23. The molecule has 8 heteroatoms. The maximum Gasteiger partial charge on any atom is 0.327 e. The molecular formula is C11H17NO6S. The van der Waals surface area contributed by atoms with E-state index in [0.717, 1.165) is 11.8 Å². The molecule has 0 saturated heterocycles. The van der Waals surface area contributed by atoms with Crippen LogP contribution in [0.1, 0.15) is 20.8 Å². The molecule has 3 N–H and O–H groups in total. The van der Waals surface area contributed by atoms with Crippen LogP contribution in [0.25, 0.3) is 0 Å². The third-order valence-electron chi connectivity index (χ3n) is 2.36. The van der Waals surface area contributed by atoms with Crippen LogP contribution < -0.4 is 5.32 Å². The van der Waals surface area contributed by atoms with Gasteiger partial charge in [-0.05, 0) is 6.92 Å². The highest BCUT2D eigenvalue weighted by molar-refractivity contribution is 8.00. The first kappa shape index (κ1) is 17.4. The van der Waals surface area contributed by atoms with Crippen molar-refractivity contribution in [2.24, 2.45) is 5.92 Å². The predicted octanol–water partition coefficient (Wildman–Crippen LogP) is -0.0128. The van der Waals surface area contributed by atoms with E-state index in [4.69, 9.17) is 10.2 Å². The molecule has 0 radical (unpaired) electrons. The lowest BCUT2D eigenvalue weighted by atomic mass is 10.1. The second kappa shape index (κ2) is 7.78. The highest BCUT2D eigenvalue weighted by Crippen LogP contribution is 2.22. The van der Waals surface area contributed by atoms with Gasteiger partial charge in [0, 0.05) is 12.7 Å². The molecule has 108 valence electrons. The van der Waals surface area contributed by atoms with E-state index in [0.29, 0.717) is 0 Å². The van der Waals surface area contributed by atoms with Gasteiger partial charge in [0.1, 0.15) is 11.8 Å². The number of carboxylic acids is 2. The molecule has 0 aliphatic heterocycles. The van der Waals surface area contributed by atoms with Gasteiger partial charge in [-0.25, -0.2) is 4.79 Å². The van der Waals surface area contributed by atoms with E-state index in [1.54, 1.807) is 0 Å². The van der Waals surface area contributed by atoms with E-state index < -0.39 is 35.1 Å². The van der Waals surface area contributed by atoms with Crippen LogP contribution in [0.3, 0.4) is 0 Å². The van der Waals surface area contributed by atoms with Gasteiger partial charge in [0.05, 0.1) is 11.2 Å². The molecule has 0 aromatic carbocycles. The molecule has 0 aliphatic rings. The molecule has 0 aromatic rings. The van der Waals surface area contributed by atoms with E-state index in [1.807, 2.05) is 0 Å². The summed E-state index contributed by atoms with van der Waals surface area (Å²) in [4.78, 5) is 44.0. The topological polar surface area (TPSA) is 121 Å². The first-order valence-corrected chi connectivity index (χ1v) is 6.56. The van der Waals surface area contributed by atoms with Crippen molar-refractivity contribution in [3.05, 3.63) is 0 Å². The Kier molecular flexibility index (Phi) is 7.13. The zero-order chi connectivity index (χ0) is 15.2. The summed E-state index contributed by atoms with van der Waals surface area (Å²) < 4.78 is 0. The van der Waals surface area contributed by atoms with Crippen LogP contribution in [0.15, 0.2) is 0 Å². The van der Waals surface area contributed by atoms with Crippen molar-refractivity contribution in [2.45, 2.75) is 32.1 Å². The monoisotopic (exact) mass is 291 g/mol. The van der Waals surface area contributed by atoms with Gasteiger partial charge in [-0.1, -0.05) is 6.92 Å². The third kappa shape index (κ3) is 6.23. The van der Waals surface area contributed by atoms with Gasteiger partial charge in [-0.15, -0.1) is 11.8 Å². The molecule has 0 spiro atoms. The van der Waals surface area contributed by atoms with Crippen molar-refractivity contribution >= 4 is 35.4 Å². The molecule has 0 fully saturated rings. The summed E-state index contributed by atoms with van der Waals surface area (Å²) in [6.45, 7) is 3.82. The van der Waals surface area contributed by atoms with Gasteiger partial charge in [-0.3, -0.25) is 14.4 Å². The van der Waals surface area contributed by atoms with Crippen LogP contribution in [0, 0.1) is 5.92 Å². The lowest BCUT2D eigenvalue weighted by molar-refractivity contribution is -0.142. The van der Waals surface area contributed by atoms with Crippen LogP contribution >= 0.6 is 11.8 Å². The van der Waals surface area contributed by atoms with E-state index in [2.05, 4.69) is 5.32 Å². The Bertz CT molecular complexity index is 383. The van der Waals surface area contributed by atoms with E-state index in [1.165, 1.54) is 20.8 Å². The maximum atomic E-state index is 11.4. The van der Waals surface area contributed by atoms with Gasteiger partial charge in [0.2, 0.25) is 5.91 Å². The molecule has 2 unspecified atom stereocenters. The van der Waals surface area contributed by atoms with E-state index in [-0.39, 0.29) is 11.5 Å². The summed E-state index contributed by atoms with van der Waals surface area (Å²) in [5.74, 6) is -4.19. The molecule has 0 bridgehead atoms. The Morgan fingerprint density at radius 3 is 1.95 bits per heavy atom. The lowest BCUT2D eigenvalue weighted by Gasteiger charge is -2.20. The maximum absolute atomic E-state index is 11.4. The second-order valence-electron chi connectivity index (χ2n) is 4.08. The summed E-state index contributed by atoms with van der Waals surface area (Å²) in [6.07, 6.45) is 0. The molecular weight excluding hydrogens is 274 g/mol. The SMILES string of the molecule is CC(=O)N[C@@H](CSC(C(C)=O)C(C)C(=O)O)C(=O)O. The molecule has 0 aromatic heterocycles. The van der Waals surface area contributed by atoms with E-state index >= 15 is 0 Å². The van der Waals surface area contributed by atoms with Crippen molar-refractivity contribution < 1.29 is 29.4 Å². The van der Waals surface area contributed by atoms with Gasteiger partial charge in [-0.2, -0.15) is 0 Å². The number of ketones is 1. The molecule has 0 saturated carbocycles. The third-order valence-corrected chi connectivity index (χ3v) is 3.99. The van der Waals surface area contributed by atoms with Gasteiger partial charge in [0.25, 0.3) is 0 Å². The first-order chi connectivity index (χ1) is 8.66. The number of nitrogens with one attached hydrogen (secondary N) is 1. The smallest absolute Gasteiger partial charge is 0.327 e. The Morgan fingerprint density at radius 2 is 1.63 bits per heavy atom. The van der Waals surface area contributed by atoms with Crippen molar-refractivity contribution in [1.82, 2.24) is 5.32 Å². The fraction of sp³-hybridized carbons (Fsp3) is 0.636. The highest BCUT2D eigenvalue weighted by Gasteiger charge is 2.30. The molecule has 0 rings (SSSR count). The number of carbonyl (C=O) groups excluding carboxylic acids is 2. The number of hydrogen-bond acceptors (Lipinski definition) is 5. The van der Waals surface area contributed by atoms with Crippen molar-refractivity contribution in [3.63, 3.8) is 0 Å². The molecule has 0 aliphatic carbocycles. The number of rotatable bonds is 8. The average Bonchev–Trinajstić information content (AvgIpc) is 2.25. The summed E-state index contributed by atoms with van der Waals surface area (Å²) in [7, 11) is 0. The number of amides is 1. The second-order valence-corrected chi connectivity index (χ2v) is 5.26. The number of hydrogen-bond donors (Lipinski definition) is 3. The largest absolute Gasteiger partial charge is 0.481 e. The average molecular weight is 291 g/mol. The van der Waals surface area contributed by atoms with Crippen LogP contribution in [0.2, 0.25) is 0 Å². The van der Waals surface area contributed by atoms with Crippen LogP contribution in [-0.2, 0) is 19.2 Å². The number of aliphatic carboxylic acids is 2. The van der Waals surface area contributed by atoms with Crippen molar-refractivity contribution in [3.8, 4) is 0 Å². The fourth-order valence-electron chi connectivity index (χ4n) is 1.36. The molecule has 3 atom stereocenters. The summed E-state index contributed by atoms with van der Waals surface area (Å²) in [5, 5.41) is 19.1. The number of carboxylic acid groups (broad SMARTS) is 2. The minimum Gasteiger partial charge on any atom is -0.481 e. The number of thioether (sulfide) groups is 1. The lowest BCUT2D eigenvalue weighted by Crippen LogP contribution is -2.42. The Balaban J connectivity index is 4.68. The first-order valence-electron chi connectivity index (χ1n) is 5.51. The summed E-state index contributed by atoms with van der Waals surface area (Å²) in [6, 6.07) is -1.15. The summed E-state index contributed by atoms with van der Waals surface area (Å²) >= 11 is 0.919. The predicted molar refractivity (Wildman–Crippen MR) is 69.0 cm³/mol. The standard InChI is InChI=1S/C11H17NO6S/c1-5(10(15)16)9(6(2)13)19-4-8(11(17)18)12-7(3)14/h5,8-9H,4H2,1-3H3,(H,12,14)(H,15,16)(H,17,18)/t5?,8-,9?/m0/s1. The minimum absolute atomic E-state index is 0.0726. The quantitative estimate of drug-likeness (QED) is 0.575. The molecule has 19 heavy (non-hydrogen) atoms. The summed E-state index contributed by atoms with van der Waals surface area (Å²) in [5.41, 5.74) is 0. The molecule has 1 amide bonds. The zero-order valence-electron chi connectivity index (χ0n) is 10.9. The number of carbonyl (C=O) groups is 4.